The third kappa shape index (κ3) is 4.95. The Morgan fingerprint density at radius 2 is 1.84 bits per heavy atom. The fraction of sp³-hybridized carbons (Fsp3) is 0.240. The number of likely N-dealkylation sites (N-methyl/N-ethyl adjacent to an activating group) is 1. The normalized spacial score (nSPS) is 15.2. The minimum Gasteiger partial charge on any atom is -0.494 e. The molecule has 1 fully saturated rings. The summed E-state index contributed by atoms with van der Waals surface area (Å²) in [5.74, 6) is 1.35. The molecule has 1 aliphatic rings. The van der Waals surface area contributed by atoms with Crippen LogP contribution in [0.1, 0.15) is 25.8 Å². The summed E-state index contributed by atoms with van der Waals surface area (Å²) in [5.41, 5.74) is 3.56. The molecule has 1 saturated heterocycles. The first kappa shape index (κ1) is 22.3. The molecule has 1 amide bonds. The largest absolute Gasteiger partial charge is 0.494 e. The number of thiocarbonyl (C=S) groups is 1. The van der Waals surface area contributed by atoms with Crippen LogP contribution in [-0.4, -0.2) is 38.6 Å². The van der Waals surface area contributed by atoms with Gasteiger partial charge in [-0.15, -0.1) is 0 Å². The Hall–Kier alpha value is -2.90. The molecule has 4 rings (SSSR count). The highest BCUT2D eigenvalue weighted by atomic mass is 32.2. The van der Waals surface area contributed by atoms with Gasteiger partial charge in [0.15, 0.2) is 0 Å². The van der Waals surface area contributed by atoms with Crippen LogP contribution in [-0.2, 0) is 4.79 Å². The van der Waals surface area contributed by atoms with Gasteiger partial charge in [0.25, 0.3) is 5.91 Å². The van der Waals surface area contributed by atoms with E-state index in [0.29, 0.717) is 21.8 Å². The van der Waals surface area contributed by atoms with Gasteiger partial charge in [0, 0.05) is 24.4 Å². The van der Waals surface area contributed by atoms with Gasteiger partial charge in [0.05, 0.1) is 22.9 Å². The number of hydrogen-bond acceptors (Lipinski definition) is 5. The zero-order valence-electron chi connectivity index (χ0n) is 18.3. The van der Waals surface area contributed by atoms with Crippen LogP contribution in [0.4, 0.5) is 0 Å². The van der Waals surface area contributed by atoms with Gasteiger partial charge in [-0.05, 0) is 54.8 Å². The number of ether oxygens (including phenoxy) is 1. The fourth-order valence-electron chi connectivity index (χ4n) is 3.24. The minimum atomic E-state index is -0.0905. The van der Waals surface area contributed by atoms with Crippen molar-refractivity contribution in [2.45, 2.75) is 20.3 Å². The quantitative estimate of drug-likeness (QED) is 0.328. The number of carbonyl (C=O) groups is 1. The van der Waals surface area contributed by atoms with Crippen LogP contribution in [0.2, 0.25) is 0 Å². The van der Waals surface area contributed by atoms with Gasteiger partial charge >= 0.3 is 0 Å². The molecular formula is C25H25N3O2S2. The summed E-state index contributed by atoms with van der Waals surface area (Å²) < 4.78 is 8.24. The summed E-state index contributed by atoms with van der Waals surface area (Å²) >= 11 is 6.59. The maximum Gasteiger partial charge on any atom is 0.265 e. The van der Waals surface area contributed by atoms with Gasteiger partial charge in [-0.1, -0.05) is 56.0 Å². The average molecular weight is 464 g/mol. The third-order valence-corrected chi connectivity index (χ3v) is 6.61. The zero-order valence-corrected chi connectivity index (χ0v) is 20.0. The van der Waals surface area contributed by atoms with Crippen LogP contribution in [0.5, 0.6) is 5.75 Å². The van der Waals surface area contributed by atoms with E-state index in [1.54, 1.807) is 7.05 Å². The first-order chi connectivity index (χ1) is 15.4. The predicted octanol–water partition coefficient (Wildman–Crippen LogP) is 5.80. The van der Waals surface area contributed by atoms with E-state index >= 15 is 0 Å². The summed E-state index contributed by atoms with van der Waals surface area (Å²) in [7, 11) is 1.70. The fourth-order valence-corrected chi connectivity index (χ4v) is 4.41. The molecule has 0 aliphatic carbocycles. The van der Waals surface area contributed by atoms with E-state index in [0.717, 1.165) is 34.7 Å². The van der Waals surface area contributed by atoms with Crippen molar-refractivity contribution >= 4 is 40.3 Å². The number of para-hydroxylation sites is 1. The molecule has 0 N–H and O–H groups in total. The molecular weight excluding hydrogens is 438 g/mol. The second-order valence-electron chi connectivity index (χ2n) is 8.01. The van der Waals surface area contributed by atoms with Gasteiger partial charge in [0.2, 0.25) is 0 Å². The maximum absolute atomic E-state index is 12.5. The Labute approximate surface area is 198 Å². The Bertz CT molecular complexity index is 1150. The van der Waals surface area contributed by atoms with E-state index < -0.39 is 0 Å². The van der Waals surface area contributed by atoms with Crippen LogP contribution in [0, 0.1) is 5.92 Å². The molecule has 5 nitrogen and oxygen atoms in total. The molecule has 0 radical (unpaired) electrons. The van der Waals surface area contributed by atoms with Gasteiger partial charge in [-0.2, -0.15) is 5.10 Å². The van der Waals surface area contributed by atoms with Gasteiger partial charge < -0.3 is 4.74 Å². The second kappa shape index (κ2) is 9.71. The smallest absolute Gasteiger partial charge is 0.265 e. The standard InChI is InChI=1S/C25H25N3O2S2/c1-17(2)13-14-30-21-11-9-18(10-12-21)23-19(15-22-24(29)27(3)25(31)32-22)16-28(26-23)20-7-5-4-6-8-20/h4-12,15-17H,13-14H2,1-3H3/b22-15-. The Balaban J connectivity index is 1.68. The van der Waals surface area contributed by atoms with Crippen molar-refractivity contribution in [3.05, 3.63) is 71.3 Å². The molecule has 0 saturated carbocycles. The molecule has 0 bridgehead atoms. The third-order valence-electron chi connectivity index (χ3n) is 5.13. The second-order valence-corrected chi connectivity index (χ2v) is 9.69. The van der Waals surface area contributed by atoms with Crippen LogP contribution < -0.4 is 4.74 Å². The summed E-state index contributed by atoms with van der Waals surface area (Å²) in [6, 6.07) is 17.9. The van der Waals surface area contributed by atoms with Crippen molar-refractivity contribution in [1.82, 2.24) is 14.7 Å². The van der Waals surface area contributed by atoms with E-state index in [9.17, 15) is 4.79 Å². The Morgan fingerprint density at radius 1 is 1.12 bits per heavy atom. The monoisotopic (exact) mass is 463 g/mol. The van der Waals surface area contributed by atoms with Gasteiger partial charge in [-0.3, -0.25) is 9.69 Å². The number of nitrogens with zero attached hydrogens (tertiary/aromatic N) is 3. The molecule has 2 aromatic carbocycles. The van der Waals surface area contributed by atoms with Crippen molar-refractivity contribution in [1.29, 1.82) is 0 Å². The van der Waals surface area contributed by atoms with Gasteiger partial charge in [-0.25, -0.2) is 4.68 Å². The maximum atomic E-state index is 12.5. The lowest BCUT2D eigenvalue weighted by molar-refractivity contribution is -0.121. The van der Waals surface area contributed by atoms with Crippen molar-refractivity contribution in [2.75, 3.05) is 13.7 Å². The van der Waals surface area contributed by atoms with E-state index in [-0.39, 0.29) is 5.91 Å². The lowest BCUT2D eigenvalue weighted by Gasteiger charge is -2.08. The minimum absolute atomic E-state index is 0.0905. The van der Waals surface area contributed by atoms with Gasteiger partial charge in [0.1, 0.15) is 10.1 Å². The van der Waals surface area contributed by atoms with Crippen LogP contribution in [0.15, 0.2) is 65.7 Å². The highest BCUT2D eigenvalue weighted by molar-refractivity contribution is 8.26. The molecule has 3 aromatic rings. The first-order valence-electron chi connectivity index (χ1n) is 10.5. The number of thioether (sulfide) groups is 1. The number of carbonyl (C=O) groups excluding carboxylic acids is 1. The SMILES string of the molecule is CC(C)CCOc1ccc(-c2nn(-c3ccccc3)cc2/C=C2\SC(=S)N(C)C2=O)cc1. The first-order valence-corrected chi connectivity index (χ1v) is 11.7. The van der Waals surface area contributed by atoms with E-state index in [4.69, 9.17) is 22.1 Å². The Morgan fingerprint density at radius 3 is 2.47 bits per heavy atom. The number of rotatable bonds is 7. The molecule has 164 valence electrons. The number of aromatic nitrogens is 2. The molecule has 1 aliphatic heterocycles. The lowest BCUT2D eigenvalue weighted by atomic mass is 10.1. The number of amides is 1. The summed E-state index contributed by atoms with van der Waals surface area (Å²) in [5, 5.41) is 4.84. The molecule has 7 heteroatoms. The summed E-state index contributed by atoms with van der Waals surface area (Å²) in [4.78, 5) is 14.6. The molecule has 32 heavy (non-hydrogen) atoms. The van der Waals surface area contributed by atoms with E-state index in [2.05, 4.69) is 13.8 Å². The van der Waals surface area contributed by atoms with Crippen LogP contribution >= 0.6 is 24.0 Å². The van der Waals surface area contributed by atoms with Crippen molar-refractivity contribution in [2.24, 2.45) is 5.92 Å². The average Bonchev–Trinajstić information content (AvgIpc) is 3.31. The molecule has 1 aromatic heterocycles. The van der Waals surface area contributed by atoms with E-state index in [1.807, 2.05) is 71.6 Å². The van der Waals surface area contributed by atoms with Crippen LogP contribution in [0.25, 0.3) is 23.0 Å². The Kier molecular flexibility index (Phi) is 6.77. The van der Waals surface area contributed by atoms with Crippen molar-refractivity contribution < 1.29 is 9.53 Å². The zero-order chi connectivity index (χ0) is 22.7. The summed E-state index contributed by atoms with van der Waals surface area (Å²) in [6.45, 7) is 5.07. The lowest BCUT2D eigenvalue weighted by Crippen LogP contribution is -2.22. The molecule has 0 unspecified atom stereocenters. The topological polar surface area (TPSA) is 47.4 Å². The molecule has 0 atom stereocenters. The van der Waals surface area contributed by atoms with Crippen molar-refractivity contribution in [3.8, 4) is 22.7 Å². The van der Waals surface area contributed by atoms with Crippen molar-refractivity contribution in [3.63, 3.8) is 0 Å². The summed E-state index contributed by atoms with van der Waals surface area (Å²) in [6.07, 6.45) is 4.83. The number of hydrogen-bond donors (Lipinski definition) is 0. The van der Waals surface area contributed by atoms with Crippen LogP contribution in [0.3, 0.4) is 0 Å². The highest BCUT2D eigenvalue weighted by Gasteiger charge is 2.29. The van der Waals surface area contributed by atoms with E-state index in [1.165, 1.54) is 16.7 Å². The molecule has 0 spiro atoms. The predicted molar refractivity (Wildman–Crippen MR) is 135 cm³/mol. The number of benzene rings is 2. The molecule has 2 heterocycles. The highest BCUT2D eigenvalue weighted by Crippen LogP contribution is 2.34.